The number of aryl methyl sites for hydroxylation is 2. The van der Waals surface area contributed by atoms with Crippen LogP contribution < -0.4 is 61.5 Å². The molecule has 6 aromatic rings. The number of hydrogen-bond donors (Lipinski definition) is 4. The van der Waals surface area contributed by atoms with E-state index in [9.17, 15) is 33.6 Å². The van der Waals surface area contributed by atoms with Gasteiger partial charge in [0.25, 0.3) is 34.7 Å². The van der Waals surface area contributed by atoms with Crippen LogP contribution in [0.4, 0.5) is 32.9 Å². The minimum Gasteiger partial charge on any atom is -0.476 e. The quantitative estimate of drug-likeness (QED) is 0.0519. The monoisotopic (exact) mass is 1370 g/mol. The smallest absolute Gasteiger partial charge is 0.416 e. The van der Waals surface area contributed by atoms with E-state index in [1.54, 1.807) is 24.3 Å². The molecular formula is C43H50I2N16O13S2V. The number of carbonyl (C=O) groups excluding carboxylic acids is 5. The Balaban J connectivity index is 0.000000259. The van der Waals surface area contributed by atoms with E-state index in [1.165, 1.54) is 46.2 Å². The molecule has 0 aromatic carbocycles. The van der Waals surface area contributed by atoms with Crippen LogP contribution in [0.2, 0.25) is 0 Å². The van der Waals surface area contributed by atoms with Crippen LogP contribution in [0.15, 0.2) is 58.6 Å². The predicted molar refractivity (Wildman–Crippen MR) is 299 cm³/mol. The Bertz CT molecular complexity index is 3170. The number of ether oxygens (including phenoxy) is 6. The van der Waals surface area contributed by atoms with Gasteiger partial charge in [0.2, 0.25) is 11.8 Å². The number of aromatic nitrogens is 10. The summed E-state index contributed by atoms with van der Waals surface area (Å²) < 4.78 is 35.7. The summed E-state index contributed by atoms with van der Waals surface area (Å²) >= 11 is 4.55. The van der Waals surface area contributed by atoms with Gasteiger partial charge in [-0.3, -0.25) is 42.9 Å². The number of alkyl halides is 2. The van der Waals surface area contributed by atoms with Gasteiger partial charge in [0, 0.05) is 63.4 Å². The van der Waals surface area contributed by atoms with Crippen molar-refractivity contribution < 1.29 is 70.9 Å². The first-order valence-corrected chi connectivity index (χ1v) is 25.4. The summed E-state index contributed by atoms with van der Waals surface area (Å²) in [5, 5.41) is 8.26. The molecule has 0 saturated carbocycles. The number of pyridine rings is 2. The number of nitrogens with zero attached hydrogens (tertiary/aromatic N) is 12. The molecule has 77 heavy (non-hydrogen) atoms. The Morgan fingerprint density at radius 1 is 0.701 bits per heavy atom. The minimum absolute atomic E-state index is 0. The predicted octanol–water partition coefficient (Wildman–Crippen LogP) is 1.44. The molecule has 1 radical (unpaired) electrons. The Labute approximate surface area is 489 Å². The molecule has 0 aliphatic carbocycles. The number of carbonyl (C=O) groups is 5. The van der Waals surface area contributed by atoms with E-state index in [0.29, 0.717) is 79.7 Å². The summed E-state index contributed by atoms with van der Waals surface area (Å²) in [7, 11) is 0. The third-order valence-corrected chi connectivity index (χ3v) is 10.4. The molecule has 411 valence electrons. The van der Waals surface area contributed by atoms with Gasteiger partial charge in [0.05, 0.1) is 40.3 Å². The largest absolute Gasteiger partial charge is 0.476 e. The molecule has 4 aliphatic heterocycles. The first-order chi connectivity index (χ1) is 35.9. The van der Waals surface area contributed by atoms with Gasteiger partial charge < -0.3 is 50.1 Å². The maximum Gasteiger partial charge on any atom is 0.416 e. The number of aldehydes is 1. The normalized spacial score (nSPS) is 15.6. The number of fused-ring (bicyclic) bond motifs is 4. The van der Waals surface area contributed by atoms with Gasteiger partial charge in [-0.2, -0.15) is 37.0 Å². The molecule has 4 aliphatic rings. The molecule has 2 saturated heterocycles. The van der Waals surface area contributed by atoms with Crippen molar-refractivity contribution in [3.8, 4) is 23.5 Å². The molecule has 0 bridgehead atoms. The second-order valence-electron chi connectivity index (χ2n) is 15.2. The summed E-state index contributed by atoms with van der Waals surface area (Å²) in [5.41, 5.74) is 7.19. The van der Waals surface area contributed by atoms with Crippen LogP contribution in [0.5, 0.6) is 23.5 Å². The molecule has 2 atom stereocenters. The number of cyclic esters (lactones) is 2. The second-order valence-corrected chi connectivity index (χ2v) is 19.6. The fourth-order valence-corrected chi connectivity index (χ4v) is 7.05. The Morgan fingerprint density at radius 3 is 1.62 bits per heavy atom. The average molecular weight is 1370 g/mol. The van der Waals surface area contributed by atoms with Crippen LogP contribution in [-0.4, -0.2) is 153 Å². The summed E-state index contributed by atoms with van der Waals surface area (Å²) in [6.45, 7) is 6.40. The fraction of sp³-hybridized carbons (Fsp3) is 0.372. The van der Waals surface area contributed by atoms with Crippen LogP contribution >= 0.6 is 72.2 Å². The first kappa shape index (κ1) is 63.3. The number of amides is 4. The van der Waals surface area contributed by atoms with E-state index in [1.807, 2.05) is 13.8 Å². The molecule has 0 spiro atoms. The molecule has 10 rings (SSSR count). The third kappa shape index (κ3) is 16.4. The zero-order valence-corrected chi connectivity index (χ0v) is 48.5. The van der Waals surface area contributed by atoms with E-state index in [4.69, 9.17) is 34.2 Å². The Morgan fingerprint density at radius 2 is 1.17 bits per heavy atom. The van der Waals surface area contributed by atoms with Gasteiger partial charge in [-0.15, -0.1) is 0 Å². The standard InChI is InChI=1S/C21H22N8O6.C11H11N3O3.C10H11N5O4.CH2I2.2H2S.V/c1-2-28-17(31)9-23-13-3-4-16(27-19(13)28)33-6-5-22-7-12-10-29(21(32)35-12)14-8-24-20-18(25-14)26-15(30)11-34-20;1-2-14-10(16)7-12-8-3-4-9(13-11(8)14)17-6-5-15;11-1-5-3-15(10(17)19-5)6-2-12-9-8(13-6)14-7(16)4-18-9;2-1-3;;;/h3-4,8-9,12,22H,2,5-7,10-11H2,1H3,(H,25,26,30);3-5,7H,2,6H2,1H3;2,5H,1,3-4,11H2,(H,13,14,16);1H2;2*1H2;/t12-;;5-;;;;/m0.0..../s1. The molecule has 0 unspecified atom stereocenters. The van der Waals surface area contributed by atoms with Gasteiger partial charge in [-0.1, -0.05) is 45.2 Å². The van der Waals surface area contributed by atoms with Crippen molar-refractivity contribution in [2.24, 2.45) is 5.73 Å². The van der Waals surface area contributed by atoms with Crippen LogP contribution in [0, 0.1) is 0 Å². The van der Waals surface area contributed by atoms with Crippen molar-refractivity contribution in [2.75, 3.05) is 82.0 Å². The van der Waals surface area contributed by atoms with Crippen molar-refractivity contribution in [3.05, 3.63) is 69.8 Å². The van der Waals surface area contributed by atoms with E-state index in [2.05, 4.69) is 101 Å². The summed E-state index contributed by atoms with van der Waals surface area (Å²) in [4.78, 5) is 116. The van der Waals surface area contributed by atoms with Gasteiger partial charge in [0.1, 0.15) is 36.5 Å². The molecule has 34 heteroatoms. The number of anilines is 4. The Hall–Kier alpha value is -6.25. The maximum atomic E-state index is 12.3. The van der Waals surface area contributed by atoms with Crippen molar-refractivity contribution in [3.63, 3.8) is 0 Å². The number of hydrogen-bond acceptors (Lipinski definition) is 23. The average Bonchev–Trinajstić information content (AvgIpc) is 3.99. The SMILES string of the molecule is CCn1c(=O)cnc2ccc(OCC=O)nc21.CCn1c(=O)cnc2ccc(OCCNC[C@H]3CN(c4cnc5c(n4)NC(=O)CO5)C(=O)O3)nc21.ICI.NC[C@H]1CN(c2cnc3c(n2)NC(=O)CO3)C(=O)O1.S.S.[V]. The molecule has 4 amide bonds. The third-order valence-electron chi connectivity index (χ3n) is 10.4. The van der Waals surface area contributed by atoms with Crippen molar-refractivity contribution in [2.45, 2.75) is 39.1 Å². The minimum atomic E-state index is -0.554. The first-order valence-electron chi connectivity index (χ1n) is 22.4. The van der Waals surface area contributed by atoms with E-state index in [0.717, 1.165) is 0 Å². The van der Waals surface area contributed by atoms with Crippen LogP contribution in [-0.2, 0) is 55.5 Å². The molecule has 2 fully saturated rings. The molecule has 6 aromatic heterocycles. The number of halogens is 2. The number of rotatable bonds is 14. The summed E-state index contributed by atoms with van der Waals surface area (Å²) in [5.74, 6) is 1.36. The maximum absolute atomic E-state index is 12.3. The van der Waals surface area contributed by atoms with E-state index in [-0.39, 0.29) is 143 Å². The molecular weight excluding hydrogens is 1320 g/mol. The van der Waals surface area contributed by atoms with Gasteiger partial charge >= 0.3 is 12.2 Å². The van der Waals surface area contributed by atoms with Crippen LogP contribution in [0.3, 0.4) is 0 Å². The van der Waals surface area contributed by atoms with E-state index < -0.39 is 18.3 Å². The molecule has 5 N–H and O–H groups in total. The second kappa shape index (κ2) is 30.6. The van der Waals surface area contributed by atoms with Crippen molar-refractivity contribution in [1.82, 2.24) is 54.3 Å². The van der Waals surface area contributed by atoms with Crippen molar-refractivity contribution >= 4 is 148 Å². The fourth-order valence-electron chi connectivity index (χ4n) is 7.05. The molecule has 10 heterocycles. The summed E-state index contributed by atoms with van der Waals surface area (Å²) in [6.07, 6.45) is 4.10. The number of nitrogens with two attached hydrogens (primary N) is 1. The zero-order chi connectivity index (χ0) is 52.7. The number of nitrogens with one attached hydrogen (secondary N) is 3. The zero-order valence-electron chi connectivity index (χ0n) is 40.8. The molecule has 29 nitrogen and oxygen atoms in total. The topological polar surface area (TPSA) is 356 Å². The van der Waals surface area contributed by atoms with Crippen LogP contribution in [0.25, 0.3) is 22.3 Å². The summed E-state index contributed by atoms with van der Waals surface area (Å²) in [6, 6.07) is 6.77. The van der Waals surface area contributed by atoms with E-state index >= 15 is 0 Å². The Kier molecular flexibility index (Phi) is 25.2. The van der Waals surface area contributed by atoms with Gasteiger partial charge in [-0.05, 0) is 26.0 Å². The van der Waals surface area contributed by atoms with Gasteiger partial charge in [0.15, 0.2) is 54.1 Å². The van der Waals surface area contributed by atoms with Crippen molar-refractivity contribution in [1.29, 1.82) is 0 Å². The van der Waals surface area contributed by atoms with Crippen LogP contribution in [0.1, 0.15) is 13.8 Å². The van der Waals surface area contributed by atoms with Gasteiger partial charge in [-0.25, -0.2) is 39.5 Å².